The van der Waals surface area contributed by atoms with Crippen LogP contribution in [0.25, 0.3) is 10.9 Å². The van der Waals surface area contributed by atoms with Gasteiger partial charge in [-0.3, -0.25) is 9.69 Å². The van der Waals surface area contributed by atoms with Gasteiger partial charge in [0.2, 0.25) is 0 Å². The van der Waals surface area contributed by atoms with Crippen molar-refractivity contribution in [3.8, 4) is 0 Å². The minimum Gasteiger partial charge on any atom is -0.322 e. The zero-order chi connectivity index (χ0) is 21.5. The fourth-order valence-electron chi connectivity index (χ4n) is 4.28. The number of nitrogens with one attached hydrogen (secondary N) is 1. The summed E-state index contributed by atoms with van der Waals surface area (Å²) in [6.07, 6.45) is 3.11. The first-order chi connectivity index (χ1) is 14.3. The summed E-state index contributed by atoms with van der Waals surface area (Å²) < 4.78 is 1.91. The van der Waals surface area contributed by atoms with E-state index in [0.717, 1.165) is 49.1 Å². The molecule has 1 aliphatic heterocycles. The fourth-order valence-corrected chi connectivity index (χ4v) is 4.28. The van der Waals surface area contributed by atoms with Gasteiger partial charge in [-0.1, -0.05) is 25.5 Å². The molecule has 1 atom stereocenters. The van der Waals surface area contributed by atoms with Gasteiger partial charge in [-0.2, -0.15) is 0 Å². The number of nitrogens with zero attached hydrogens (tertiary/aromatic N) is 5. The second-order valence-corrected chi connectivity index (χ2v) is 9.38. The summed E-state index contributed by atoms with van der Waals surface area (Å²) in [6.45, 7) is 12.6. The summed E-state index contributed by atoms with van der Waals surface area (Å²) in [7, 11) is 0. The maximum atomic E-state index is 13.2. The minimum absolute atomic E-state index is 0.0705. The third kappa shape index (κ3) is 3.78. The van der Waals surface area contributed by atoms with E-state index in [1.54, 1.807) is 0 Å². The van der Waals surface area contributed by atoms with Gasteiger partial charge in [0.15, 0.2) is 5.82 Å². The lowest BCUT2D eigenvalue weighted by Gasteiger charge is -2.37. The van der Waals surface area contributed by atoms with Gasteiger partial charge in [0, 0.05) is 11.1 Å². The largest absolute Gasteiger partial charge is 0.322 e. The molecule has 1 aliphatic rings. The molecule has 0 unspecified atom stereocenters. The highest BCUT2D eigenvalue weighted by Crippen LogP contribution is 2.33. The molecule has 4 rings (SSSR count). The normalized spacial score (nSPS) is 17.5. The number of pyridine rings is 1. The second-order valence-electron chi connectivity index (χ2n) is 9.38. The highest BCUT2D eigenvalue weighted by atomic mass is 16.1. The lowest BCUT2D eigenvalue weighted by Crippen LogP contribution is -2.41. The van der Waals surface area contributed by atoms with E-state index in [1.807, 2.05) is 22.9 Å². The van der Waals surface area contributed by atoms with Crippen LogP contribution < -0.4 is 5.56 Å². The van der Waals surface area contributed by atoms with Crippen LogP contribution in [0.3, 0.4) is 0 Å². The van der Waals surface area contributed by atoms with Crippen LogP contribution in [0.2, 0.25) is 0 Å². The number of H-pyrrole nitrogens is 1. The van der Waals surface area contributed by atoms with E-state index in [0.29, 0.717) is 11.5 Å². The van der Waals surface area contributed by atoms with Gasteiger partial charge >= 0.3 is 0 Å². The van der Waals surface area contributed by atoms with Crippen molar-refractivity contribution in [1.82, 2.24) is 30.1 Å². The predicted molar refractivity (Wildman–Crippen MR) is 119 cm³/mol. The Balaban J connectivity index is 1.89. The first kappa shape index (κ1) is 20.7. The zero-order valence-corrected chi connectivity index (χ0v) is 18.6. The maximum Gasteiger partial charge on any atom is 0.253 e. The monoisotopic (exact) mass is 408 g/mol. The molecule has 1 fully saturated rings. The highest BCUT2D eigenvalue weighted by molar-refractivity contribution is 5.79. The number of tetrazole rings is 1. The molecule has 7 heteroatoms. The Kier molecular flexibility index (Phi) is 5.49. The summed E-state index contributed by atoms with van der Waals surface area (Å²) in [4.78, 5) is 18.7. The van der Waals surface area contributed by atoms with Crippen molar-refractivity contribution >= 4 is 10.9 Å². The lowest BCUT2D eigenvalue weighted by atomic mass is 9.94. The van der Waals surface area contributed by atoms with E-state index in [1.165, 1.54) is 5.56 Å². The Morgan fingerprint density at radius 2 is 1.97 bits per heavy atom. The van der Waals surface area contributed by atoms with Crippen molar-refractivity contribution in [3.63, 3.8) is 0 Å². The molecule has 30 heavy (non-hydrogen) atoms. The molecule has 1 aromatic carbocycles. The maximum absolute atomic E-state index is 13.2. The Bertz CT molecular complexity index is 1090. The molecule has 0 saturated carbocycles. The number of hydrogen-bond donors (Lipinski definition) is 1. The highest BCUT2D eigenvalue weighted by Gasteiger charge is 2.35. The third-order valence-corrected chi connectivity index (χ3v) is 6.68. The molecule has 0 bridgehead atoms. The molecule has 0 aliphatic carbocycles. The first-order valence-corrected chi connectivity index (χ1v) is 11.0. The van der Waals surface area contributed by atoms with Gasteiger partial charge in [-0.25, -0.2) is 4.68 Å². The van der Waals surface area contributed by atoms with Gasteiger partial charge in [0.05, 0.1) is 5.54 Å². The molecule has 1 saturated heterocycles. The number of benzene rings is 1. The predicted octanol–water partition coefficient (Wildman–Crippen LogP) is 3.79. The summed E-state index contributed by atoms with van der Waals surface area (Å²) in [6, 6.07) is 7.86. The van der Waals surface area contributed by atoms with E-state index in [-0.39, 0.29) is 17.1 Å². The van der Waals surface area contributed by atoms with Gasteiger partial charge in [-0.05, 0) is 93.1 Å². The van der Waals surface area contributed by atoms with Crippen LogP contribution in [0.5, 0.6) is 0 Å². The van der Waals surface area contributed by atoms with Crippen molar-refractivity contribution in [1.29, 1.82) is 0 Å². The number of aryl methyl sites for hydroxylation is 1. The molecule has 160 valence electrons. The van der Waals surface area contributed by atoms with Gasteiger partial charge in [-0.15, -0.1) is 5.10 Å². The Morgan fingerprint density at radius 1 is 1.23 bits per heavy atom. The topological polar surface area (TPSA) is 79.7 Å². The molecule has 0 amide bonds. The van der Waals surface area contributed by atoms with E-state index in [4.69, 9.17) is 0 Å². The van der Waals surface area contributed by atoms with E-state index < -0.39 is 0 Å². The van der Waals surface area contributed by atoms with Crippen molar-refractivity contribution in [2.45, 2.75) is 65.5 Å². The van der Waals surface area contributed by atoms with Crippen LogP contribution in [0.1, 0.15) is 70.0 Å². The molecule has 2 aromatic heterocycles. The number of rotatable bonds is 5. The smallest absolute Gasteiger partial charge is 0.253 e. The number of likely N-dealkylation sites (tertiary alicyclic amines) is 1. The van der Waals surface area contributed by atoms with Crippen LogP contribution in [0, 0.1) is 12.8 Å². The molecule has 0 spiro atoms. The molecule has 3 heterocycles. The average molecular weight is 409 g/mol. The van der Waals surface area contributed by atoms with Crippen molar-refractivity contribution in [3.05, 3.63) is 51.6 Å². The van der Waals surface area contributed by atoms with E-state index in [9.17, 15) is 4.79 Å². The quantitative estimate of drug-likeness (QED) is 0.695. The summed E-state index contributed by atoms with van der Waals surface area (Å²) in [5.41, 5.74) is 2.43. The van der Waals surface area contributed by atoms with Gasteiger partial charge in [0.25, 0.3) is 5.56 Å². The first-order valence-electron chi connectivity index (χ1n) is 11.0. The van der Waals surface area contributed by atoms with Gasteiger partial charge in [0.1, 0.15) is 6.04 Å². The molecular formula is C23H32N6O. The van der Waals surface area contributed by atoms with Crippen LogP contribution >= 0.6 is 0 Å². The summed E-state index contributed by atoms with van der Waals surface area (Å²) in [5.74, 6) is 1.44. The average Bonchev–Trinajstić information content (AvgIpc) is 3.21. The molecule has 3 aromatic rings. The standard InChI is InChI=1S/C23H32N6O/c1-6-23(4,5)29-21(25-26-27-29)20(28-11-9-15(2)10-12-28)18-14-17-13-16(3)7-8-19(17)24-22(18)30/h7-8,13-15,20H,6,9-12H2,1-5H3,(H,24,30)/t20-/m1/s1. The summed E-state index contributed by atoms with van der Waals surface area (Å²) >= 11 is 0. The lowest BCUT2D eigenvalue weighted by molar-refractivity contribution is 0.143. The zero-order valence-electron chi connectivity index (χ0n) is 18.6. The summed E-state index contributed by atoms with van der Waals surface area (Å²) in [5, 5.41) is 13.8. The SMILES string of the molecule is CCC(C)(C)n1nnnc1[C@@H](c1cc2cc(C)ccc2[nH]c1=O)N1CCC(C)CC1. The molecule has 1 N–H and O–H groups in total. The third-order valence-electron chi connectivity index (χ3n) is 6.68. The van der Waals surface area contributed by atoms with E-state index in [2.05, 4.69) is 66.1 Å². The Hall–Kier alpha value is -2.54. The van der Waals surface area contributed by atoms with Crippen molar-refractivity contribution in [2.24, 2.45) is 5.92 Å². The number of hydrogen-bond acceptors (Lipinski definition) is 5. The van der Waals surface area contributed by atoms with Crippen LogP contribution in [0.15, 0.2) is 29.1 Å². The van der Waals surface area contributed by atoms with Gasteiger partial charge < -0.3 is 4.98 Å². The van der Waals surface area contributed by atoms with Crippen molar-refractivity contribution in [2.75, 3.05) is 13.1 Å². The number of piperidine rings is 1. The fraction of sp³-hybridized carbons (Fsp3) is 0.565. The molecular weight excluding hydrogens is 376 g/mol. The van der Waals surface area contributed by atoms with E-state index >= 15 is 0 Å². The molecule has 0 radical (unpaired) electrons. The minimum atomic E-state index is -0.271. The number of aromatic amines is 1. The second kappa shape index (κ2) is 7.95. The number of fused-ring (bicyclic) bond motifs is 1. The molecule has 7 nitrogen and oxygen atoms in total. The van der Waals surface area contributed by atoms with Crippen LogP contribution in [-0.2, 0) is 5.54 Å². The van der Waals surface area contributed by atoms with Crippen molar-refractivity contribution < 1.29 is 0 Å². The Labute approximate surface area is 177 Å². The number of aromatic nitrogens is 5. The van der Waals surface area contributed by atoms with Crippen LogP contribution in [-0.4, -0.2) is 43.2 Å². The Morgan fingerprint density at radius 3 is 2.67 bits per heavy atom. The van der Waals surface area contributed by atoms with Crippen LogP contribution in [0.4, 0.5) is 0 Å².